The van der Waals surface area contributed by atoms with Crippen molar-refractivity contribution >= 4 is 37.1 Å². The number of fused-ring (bicyclic) bond motifs is 1. The molecule has 0 spiro atoms. The molecule has 0 saturated heterocycles. The number of hydrogen-bond donors (Lipinski definition) is 2. The van der Waals surface area contributed by atoms with E-state index in [0.29, 0.717) is 29.3 Å². The van der Waals surface area contributed by atoms with Crippen molar-refractivity contribution in [3.8, 4) is 17.0 Å². The van der Waals surface area contributed by atoms with Crippen LogP contribution in [0.5, 0.6) is 5.75 Å². The van der Waals surface area contributed by atoms with Crippen molar-refractivity contribution in [1.82, 2.24) is 20.1 Å². The molecule has 0 aliphatic carbocycles. The highest BCUT2D eigenvalue weighted by Crippen LogP contribution is 2.37. The monoisotopic (exact) mass is 641 g/mol. The summed E-state index contributed by atoms with van der Waals surface area (Å²) in [6, 6.07) is 9.52. The van der Waals surface area contributed by atoms with Crippen LogP contribution in [-0.2, 0) is 18.7 Å². The first-order chi connectivity index (χ1) is 20.9. The SMILES string of the molecule is CCOC(=O)Nc1cc(-c2cccc(OCC(CNCC(=O)OC(C)(C)C)O[Si](C)(C)C(C)(C)C)c2)nc2c1cnn2C(C)C. The average molecular weight is 642 g/mol. The van der Waals surface area contributed by atoms with Crippen LogP contribution in [-0.4, -0.2) is 73.2 Å². The van der Waals surface area contributed by atoms with Crippen LogP contribution >= 0.6 is 0 Å². The van der Waals surface area contributed by atoms with Gasteiger partial charge in [-0.15, -0.1) is 0 Å². The number of anilines is 1. The van der Waals surface area contributed by atoms with Crippen LogP contribution in [0.25, 0.3) is 22.3 Å². The third-order valence-corrected chi connectivity index (χ3v) is 12.0. The van der Waals surface area contributed by atoms with E-state index in [9.17, 15) is 9.59 Å². The fourth-order valence-electron chi connectivity index (χ4n) is 4.30. The fourth-order valence-corrected chi connectivity index (χ4v) is 5.64. The molecule has 1 aromatic carbocycles. The van der Waals surface area contributed by atoms with Gasteiger partial charge in [0.05, 0.1) is 42.2 Å². The van der Waals surface area contributed by atoms with Gasteiger partial charge >= 0.3 is 12.1 Å². The summed E-state index contributed by atoms with van der Waals surface area (Å²) in [6.45, 7) is 23.3. The number of pyridine rings is 1. The summed E-state index contributed by atoms with van der Waals surface area (Å²) >= 11 is 0. The van der Waals surface area contributed by atoms with Crippen LogP contribution in [0.2, 0.25) is 18.1 Å². The second-order valence-corrected chi connectivity index (χ2v) is 18.6. The fraction of sp³-hybridized carbons (Fsp3) is 0.576. The van der Waals surface area contributed by atoms with Crippen LogP contribution in [0.3, 0.4) is 0 Å². The highest BCUT2D eigenvalue weighted by Gasteiger charge is 2.39. The van der Waals surface area contributed by atoms with Gasteiger partial charge in [0.1, 0.15) is 18.0 Å². The van der Waals surface area contributed by atoms with Crippen molar-refractivity contribution in [2.24, 2.45) is 0 Å². The molecule has 3 rings (SSSR count). The molecular weight excluding hydrogens is 590 g/mol. The molecule has 45 heavy (non-hydrogen) atoms. The maximum atomic E-state index is 12.3. The van der Waals surface area contributed by atoms with Crippen molar-refractivity contribution < 1.29 is 28.2 Å². The highest BCUT2D eigenvalue weighted by atomic mass is 28.4. The molecule has 248 valence electrons. The molecule has 2 aromatic heterocycles. The number of ether oxygens (including phenoxy) is 3. The molecule has 3 aromatic rings. The number of carbonyl (C=O) groups excluding carboxylic acids is 2. The first kappa shape index (κ1) is 36.0. The number of aromatic nitrogens is 3. The van der Waals surface area contributed by atoms with Crippen molar-refractivity contribution in [2.75, 3.05) is 31.6 Å². The average Bonchev–Trinajstić information content (AvgIpc) is 3.35. The quantitative estimate of drug-likeness (QED) is 0.151. The maximum Gasteiger partial charge on any atom is 0.411 e. The Balaban J connectivity index is 1.85. The summed E-state index contributed by atoms with van der Waals surface area (Å²) in [4.78, 5) is 29.5. The van der Waals surface area contributed by atoms with E-state index in [1.54, 1.807) is 13.1 Å². The van der Waals surface area contributed by atoms with Crippen molar-refractivity contribution in [2.45, 2.75) is 98.2 Å². The van der Waals surface area contributed by atoms with E-state index in [-0.39, 0.29) is 42.9 Å². The van der Waals surface area contributed by atoms with Gasteiger partial charge in [0.15, 0.2) is 14.0 Å². The lowest BCUT2D eigenvalue weighted by molar-refractivity contribution is -0.153. The Morgan fingerprint density at radius 3 is 2.40 bits per heavy atom. The zero-order chi connectivity index (χ0) is 33.6. The number of benzene rings is 1. The van der Waals surface area contributed by atoms with E-state index in [0.717, 1.165) is 10.9 Å². The lowest BCUT2D eigenvalue weighted by atomic mass is 10.1. The second-order valence-electron chi connectivity index (χ2n) is 13.9. The summed E-state index contributed by atoms with van der Waals surface area (Å²) in [5, 5.41) is 11.3. The van der Waals surface area contributed by atoms with Gasteiger partial charge in [0.2, 0.25) is 0 Å². The molecule has 0 bridgehead atoms. The van der Waals surface area contributed by atoms with Crippen LogP contribution in [0.15, 0.2) is 36.5 Å². The van der Waals surface area contributed by atoms with E-state index < -0.39 is 20.0 Å². The van der Waals surface area contributed by atoms with Crippen LogP contribution in [0.4, 0.5) is 10.5 Å². The normalized spacial score (nSPS) is 13.2. The molecule has 1 atom stereocenters. The molecule has 11 nitrogen and oxygen atoms in total. The molecule has 0 aliphatic heterocycles. The van der Waals surface area contributed by atoms with E-state index in [1.807, 2.05) is 69.6 Å². The summed E-state index contributed by atoms with van der Waals surface area (Å²) in [5.41, 5.74) is 2.12. The summed E-state index contributed by atoms with van der Waals surface area (Å²) < 4.78 is 25.4. The molecule has 2 N–H and O–H groups in total. The molecule has 0 aliphatic rings. The second kappa shape index (κ2) is 14.7. The molecule has 0 saturated carbocycles. The summed E-state index contributed by atoms with van der Waals surface area (Å²) in [7, 11) is -2.14. The Bertz CT molecular complexity index is 1460. The minimum atomic E-state index is -2.14. The molecular formula is C33H51N5O6Si. The van der Waals surface area contributed by atoms with Crippen molar-refractivity contribution in [1.29, 1.82) is 0 Å². The van der Waals surface area contributed by atoms with Gasteiger partial charge in [-0.2, -0.15) is 5.10 Å². The van der Waals surface area contributed by atoms with Crippen LogP contribution in [0, 0.1) is 0 Å². The minimum Gasteiger partial charge on any atom is -0.491 e. The topological polar surface area (TPSA) is 126 Å². The molecule has 0 fully saturated rings. The summed E-state index contributed by atoms with van der Waals surface area (Å²) in [6.07, 6.45) is 0.859. The standard InChI is InChI=1S/C33H51N5O6Si/c1-12-41-31(40)37-28-17-27(36-30-26(28)19-35-38(30)22(2)3)23-14-13-15-24(16-23)42-21-25(44-45(10,11)33(7,8)9)18-34-20-29(39)43-32(4,5)6/h13-17,19,22,25,34H,12,18,20-21H2,1-11H3,(H,36,37,40). The van der Waals surface area contributed by atoms with E-state index >= 15 is 0 Å². The Morgan fingerprint density at radius 2 is 1.78 bits per heavy atom. The number of nitrogens with one attached hydrogen (secondary N) is 2. The van der Waals surface area contributed by atoms with Crippen LogP contribution in [0.1, 0.15) is 68.4 Å². The van der Waals surface area contributed by atoms with Gasteiger partial charge in [-0.05, 0) is 77.9 Å². The van der Waals surface area contributed by atoms with Gasteiger partial charge in [-0.3, -0.25) is 10.1 Å². The van der Waals surface area contributed by atoms with Crippen molar-refractivity contribution in [3.63, 3.8) is 0 Å². The Labute approximate surface area is 268 Å². The van der Waals surface area contributed by atoms with E-state index in [4.69, 9.17) is 23.6 Å². The smallest absolute Gasteiger partial charge is 0.411 e. The first-order valence-corrected chi connectivity index (χ1v) is 18.5. The molecule has 0 radical (unpaired) electrons. The van der Waals surface area contributed by atoms with Gasteiger partial charge < -0.3 is 24.0 Å². The number of amides is 1. The molecule has 12 heteroatoms. The van der Waals surface area contributed by atoms with Gasteiger partial charge in [-0.25, -0.2) is 14.5 Å². The van der Waals surface area contributed by atoms with Gasteiger partial charge in [0.25, 0.3) is 0 Å². The van der Waals surface area contributed by atoms with Crippen LogP contribution < -0.4 is 15.4 Å². The zero-order valence-electron chi connectivity index (χ0n) is 28.7. The Hall–Kier alpha value is -3.48. The van der Waals surface area contributed by atoms with E-state index in [1.165, 1.54) is 0 Å². The number of esters is 1. The third kappa shape index (κ3) is 10.3. The highest BCUT2D eigenvalue weighted by molar-refractivity contribution is 6.74. The predicted molar refractivity (Wildman–Crippen MR) is 180 cm³/mol. The third-order valence-electron chi connectivity index (χ3n) is 7.46. The zero-order valence-corrected chi connectivity index (χ0v) is 29.7. The molecule has 1 amide bonds. The Morgan fingerprint density at radius 1 is 1.07 bits per heavy atom. The van der Waals surface area contributed by atoms with Gasteiger partial charge in [0, 0.05) is 18.2 Å². The lowest BCUT2D eigenvalue weighted by Gasteiger charge is -2.39. The molecule has 1 unspecified atom stereocenters. The lowest BCUT2D eigenvalue weighted by Crippen LogP contribution is -2.48. The number of hydrogen-bond acceptors (Lipinski definition) is 9. The van der Waals surface area contributed by atoms with E-state index in [2.05, 4.69) is 49.6 Å². The number of rotatable bonds is 13. The van der Waals surface area contributed by atoms with Gasteiger partial charge in [-0.1, -0.05) is 32.9 Å². The van der Waals surface area contributed by atoms with Crippen molar-refractivity contribution in [3.05, 3.63) is 36.5 Å². The Kier molecular flexibility index (Phi) is 11.8. The number of carbonyl (C=O) groups is 2. The molecule has 2 heterocycles. The predicted octanol–water partition coefficient (Wildman–Crippen LogP) is 6.95. The summed E-state index contributed by atoms with van der Waals surface area (Å²) in [5.74, 6) is 0.324. The largest absolute Gasteiger partial charge is 0.491 e. The minimum absolute atomic E-state index is 0.00154. The first-order valence-electron chi connectivity index (χ1n) is 15.6. The number of nitrogens with zero attached hydrogens (tertiary/aromatic N) is 3. The maximum absolute atomic E-state index is 12.3.